The van der Waals surface area contributed by atoms with E-state index in [-0.39, 0.29) is 18.2 Å². The normalized spacial score (nSPS) is 10.0. The molecule has 0 unspecified atom stereocenters. The first-order valence-corrected chi connectivity index (χ1v) is 7.12. The van der Waals surface area contributed by atoms with Gasteiger partial charge in [-0.3, -0.25) is 4.79 Å². The van der Waals surface area contributed by atoms with Crippen LogP contribution in [0.25, 0.3) is 0 Å². The second kappa shape index (κ2) is 8.14. The predicted molar refractivity (Wildman–Crippen MR) is 82.7 cm³/mol. The highest BCUT2D eigenvalue weighted by Gasteiger charge is 2.11. The number of benzene rings is 1. The summed E-state index contributed by atoms with van der Waals surface area (Å²) in [5, 5.41) is 3.07. The van der Waals surface area contributed by atoms with Crippen LogP contribution in [0, 0.1) is 0 Å². The summed E-state index contributed by atoms with van der Waals surface area (Å²) in [6.45, 7) is 0.137. The minimum atomic E-state index is -0.680. The number of hydrogen-bond donors (Lipinski definition) is 1. The smallest absolute Gasteiger partial charge is 0.357 e. The molecule has 0 atom stereocenters. The van der Waals surface area contributed by atoms with Crippen LogP contribution in [0.15, 0.2) is 48.7 Å². The summed E-state index contributed by atoms with van der Waals surface area (Å²) in [5.41, 5.74) is 1.20. The summed E-state index contributed by atoms with van der Waals surface area (Å²) in [6, 6.07) is 12.7. The Kier molecular flexibility index (Phi) is 5.91. The zero-order valence-corrected chi connectivity index (χ0v) is 12.5. The molecule has 0 bridgehead atoms. The molecule has 1 aromatic heterocycles. The number of nitrogens with zero attached hydrogens (tertiary/aromatic N) is 1. The molecule has 1 heterocycles. The quantitative estimate of drug-likeness (QED) is 0.829. The van der Waals surface area contributed by atoms with Crippen LogP contribution in [0.1, 0.15) is 16.1 Å². The number of rotatable bonds is 6. The van der Waals surface area contributed by atoms with Crippen molar-refractivity contribution < 1.29 is 14.3 Å². The molecule has 1 N–H and O–H groups in total. The highest BCUT2D eigenvalue weighted by Crippen LogP contribution is 2.08. The van der Waals surface area contributed by atoms with Crippen molar-refractivity contribution in [2.45, 2.75) is 6.42 Å². The summed E-state index contributed by atoms with van der Waals surface area (Å²) in [4.78, 5) is 27.1. The van der Waals surface area contributed by atoms with Crippen molar-refractivity contribution in [1.82, 2.24) is 10.3 Å². The molecule has 0 aliphatic heterocycles. The summed E-state index contributed by atoms with van der Waals surface area (Å²) in [5.74, 6) is -1.04. The van der Waals surface area contributed by atoms with Gasteiger partial charge in [-0.25, -0.2) is 9.78 Å². The summed E-state index contributed by atoms with van der Waals surface area (Å²) in [6.07, 6.45) is 2.12. The summed E-state index contributed by atoms with van der Waals surface area (Å²) < 4.78 is 4.88. The van der Waals surface area contributed by atoms with Crippen molar-refractivity contribution in [1.29, 1.82) is 0 Å². The van der Waals surface area contributed by atoms with E-state index in [9.17, 15) is 9.59 Å². The largest absolute Gasteiger partial charge is 0.451 e. The Morgan fingerprint density at radius 1 is 1.18 bits per heavy atom. The van der Waals surface area contributed by atoms with Gasteiger partial charge >= 0.3 is 5.97 Å². The van der Waals surface area contributed by atoms with Crippen molar-refractivity contribution in [3.05, 3.63) is 64.9 Å². The van der Waals surface area contributed by atoms with Gasteiger partial charge in [-0.1, -0.05) is 41.9 Å². The van der Waals surface area contributed by atoms with Crippen molar-refractivity contribution in [2.24, 2.45) is 0 Å². The molecule has 0 saturated carbocycles. The molecule has 22 heavy (non-hydrogen) atoms. The zero-order valence-electron chi connectivity index (χ0n) is 11.8. The molecule has 2 aromatic rings. The molecule has 114 valence electrons. The van der Waals surface area contributed by atoms with E-state index in [1.165, 1.54) is 12.3 Å². The standard InChI is InChI=1S/C16H15ClN2O3/c17-13-7-9-18-14(10-13)16(21)22-11-15(20)19-8-6-12-4-2-1-3-5-12/h1-5,7,9-10H,6,8,11H2,(H,19,20). The Morgan fingerprint density at radius 3 is 2.68 bits per heavy atom. The van der Waals surface area contributed by atoms with E-state index in [0.717, 1.165) is 12.0 Å². The van der Waals surface area contributed by atoms with Gasteiger partial charge in [-0.05, 0) is 24.1 Å². The van der Waals surface area contributed by atoms with Gasteiger partial charge in [0.25, 0.3) is 5.91 Å². The monoisotopic (exact) mass is 318 g/mol. The first-order chi connectivity index (χ1) is 10.6. The van der Waals surface area contributed by atoms with Crippen LogP contribution >= 0.6 is 11.6 Å². The lowest BCUT2D eigenvalue weighted by Gasteiger charge is -2.06. The SMILES string of the molecule is O=C(COC(=O)c1cc(Cl)ccn1)NCCc1ccccc1. The zero-order chi connectivity index (χ0) is 15.8. The van der Waals surface area contributed by atoms with Crippen LogP contribution in [-0.2, 0) is 16.0 Å². The van der Waals surface area contributed by atoms with E-state index in [1.807, 2.05) is 30.3 Å². The molecular formula is C16H15ClN2O3. The second-order valence-electron chi connectivity index (χ2n) is 4.52. The highest BCUT2D eigenvalue weighted by atomic mass is 35.5. The van der Waals surface area contributed by atoms with Crippen LogP contribution in [0.4, 0.5) is 0 Å². The van der Waals surface area contributed by atoms with Crippen molar-refractivity contribution in [3.63, 3.8) is 0 Å². The molecular weight excluding hydrogens is 304 g/mol. The van der Waals surface area contributed by atoms with Gasteiger partial charge in [0.2, 0.25) is 0 Å². The number of hydrogen-bond acceptors (Lipinski definition) is 4. The number of amides is 1. The maximum atomic E-state index is 11.7. The number of nitrogens with one attached hydrogen (secondary N) is 1. The fourth-order valence-corrected chi connectivity index (χ4v) is 1.92. The third kappa shape index (κ3) is 5.18. The molecule has 6 heteroatoms. The number of halogens is 1. The van der Waals surface area contributed by atoms with Crippen LogP contribution in [-0.4, -0.2) is 30.0 Å². The Balaban J connectivity index is 1.70. The lowest BCUT2D eigenvalue weighted by atomic mass is 10.1. The molecule has 0 spiro atoms. The third-order valence-electron chi connectivity index (χ3n) is 2.84. The third-order valence-corrected chi connectivity index (χ3v) is 3.08. The molecule has 2 rings (SSSR count). The summed E-state index contributed by atoms with van der Waals surface area (Å²) in [7, 11) is 0. The molecule has 0 fully saturated rings. The van der Waals surface area contributed by atoms with Crippen LogP contribution in [0.2, 0.25) is 5.02 Å². The molecule has 1 amide bonds. The minimum absolute atomic E-state index is 0.0737. The molecule has 0 aliphatic carbocycles. The topological polar surface area (TPSA) is 68.3 Å². The van der Waals surface area contributed by atoms with E-state index in [1.54, 1.807) is 6.07 Å². The Morgan fingerprint density at radius 2 is 1.95 bits per heavy atom. The van der Waals surface area contributed by atoms with E-state index in [4.69, 9.17) is 16.3 Å². The van der Waals surface area contributed by atoms with Gasteiger partial charge in [0.1, 0.15) is 5.69 Å². The number of carbonyl (C=O) groups excluding carboxylic acids is 2. The lowest BCUT2D eigenvalue weighted by Crippen LogP contribution is -2.30. The van der Waals surface area contributed by atoms with Gasteiger partial charge in [-0.2, -0.15) is 0 Å². The maximum absolute atomic E-state index is 11.7. The fraction of sp³-hybridized carbons (Fsp3) is 0.188. The van der Waals surface area contributed by atoms with E-state index >= 15 is 0 Å². The van der Waals surface area contributed by atoms with Crippen LogP contribution < -0.4 is 5.32 Å². The van der Waals surface area contributed by atoms with Crippen molar-refractivity contribution in [3.8, 4) is 0 Å². The Labute approximate surface area is 133 Å². The number of aromatic nitrogens is 1. The number of pyridine rings is 1. The van der Waals surface area contributed by atoms with Gasteiger partial charge in [-0.15, -0.1) is 0 Å². The molecule has 1 aromatic carbocycles. The number of carbonyl (C=O) groups is 2. The van der Waals surface area contributed by atoms with Gasteiger partial charge in [0, 0.05) is 17.8 Å². The van der Waals surface area contributed by atoms with Crippen LogP contribution in [0.3, 0.4) is 0 Å². The van der Waals surface area contributed by atoms with Crippen molar-refractivity contribution >= 4 is 23.5 Å². The average Bonchev–Trinajstić information content (AvgIpc) is 2.53. The lowest BCUT2D eigenvalue weighted by molar-refractivity contribution is -0.124. The van der Waals surface area contributed by atoms with Gasteiger partial charge < -0.3 is 10.1 Å². The number of esters is 1. The molecule has 0 saturated heterocycles. The molecule has 0 radical (unpaired) electrons. The second-order valence-corrected chi connectivity index (χ2v) is 4.96. The Bertz CT molecular complexity index is 647. The number of ether oxygens (including phenoxy) is 1. The van der Waals surface area contributed by atoms with E-state index in [2.05, 4.69) is 10.3 Å². The van der Waals surface area contributed by atoms with E-state index in [0.29, 0.717) is 11.6 Å². The fourth-order valence-electron chi connectivity index (χ4n) is 1.76. The van der Waals surface area contributed by atoms with E-state index < -0.39 is 5.97 Å². The first kappa shape index (κ1) is 16.0. The van der Waals surface area contributed by atoms with Crippen LogP contribution in [0.5, 0.6) is 0 Å². The Hall–Kier alpha value is -2.40. The van der Waals surface area contributed by atoms with Gasteiger partial charge in [0.05, 0.1) is 0 Å². The minimum Gasteiger partial charge on any atom is -0.451 e. The first-order valence-electron chi connectivity index (χ1n) is 6.74. The van der Waals surface area contributed by atoms with Crippen molar-refractivity contribution in [2.75, 3.05) is 13.2 Å². The predicted octanol–water partition coefficient (Wildman–Crippen LogP) is 2.25. The molecule has 0 aliphatic rings. The van der Waals surface area contributed by atoms with Gasteiger partial charge in [0.15, 0.2) is 6.61 Å². The summed E-state index contributed by atoms with van der Waals surface area (Å²) >= 11 is 5.75. The molecule has 5 nitrogen and oxygen atoms in total. The average molecular weight is 319 g/mol. The maximum Gasteiger partial charge on any atom is 0.357 e. The highest BCUT2D eigenvalue weighted by molar-refractivity contribution is 6.30.